The first-order valence-electron chi connectivity index (χ1n) is 3.96. The summed E-state index contributed by atoms with van der Waals surface area (Å²) >= 11 is 5.60. The van der Waals surface area contributed by atoms with Gasteiger partial charge in [0, 0.05) is 10.6 Å². The fourth-order valence-corrected chi connectivity index (χ4v) is 1.29. The summed E-state index contributed by atoms with van der Waals surface area (Å²) in [6.07, 6.45) is 0. The molecule has 0 unspecified atom stereocenters. The van der Waals surface area contributed by atoms with Crippen molar-refractivity contribution in [1.82, 2.24) is 0 Å². The summed E-state index contributed by atoms with van der Waals surface area (Å²) in [5.41, 5.74) is 4.52. The van der Waals surface area contributed by atoms with Crippen molar-refractivity contribution in [3.05, 3.63) is 28.5 Å². The lowest BCUT2D eigenvalue weighted by Crippen LogP contribution is -2.37. The zero-order chi connectivity index (χ0) is 10.9. The maximum atomic E-state index is 13.0. The molecule has 0 bridgehead atoms. The molecular weight excluding hydrogens is 209 g/mol. The predicted octanol–water partition coefficient (Wildman–Crippen LogP) is 1.35. The fourth-order valence-electron chi connectivity index (χ4n) is 1.09. The normalized spacial score (nSPS) is 15.2. The molecule has 78 valence electrons. The van der Waals surface area contributed by atoms with E-state index in [0.29, 0.717) is 0 Å². The van der Waals surface area contributed by atoms with E-state index in [0.717, 1.165) is 6.07 Å². The van der Waals surface area contributed by atoms with Crippen LogP contribution in [-0.4, -0.2) is 16.8 Å². The van der Waals surface area contributed by atoms with Crippen LogP contribution in [0.2, 0.25) is 5.02 Å². The van der Waals surface area contributed by atoms with Gasteiger partial charge in [0.2, 0.25) is 0 Å². The SMILES string of the molecule is C[C@](N)(CO)c1cc(Cl)cc(F)c1O. The molecule has 14 heavy (non-hydrogen) atoms. The van der Waals surface area contributed by atoms with E-state index in [-0.39, 0.29) is 10.6 Å². The molecule has 0 fully saturated rings. The first-order chi connectivity index (χ1) is 6.38. The van der Waals surface area contributed by atoms with Gasteiger partial charge in [-0.2, -0.15) is 0 Å². The van der Waals surface area contributed by atoms with Crippen LogP contribution in [0.15, 0.2) is 12.1 Å². The number of aromatic hydroxyl groups is 1. The number of phenols is 1. The standard InChI is InChI=1S/C9H11ClFNO2/c1-9(12,4-13)6-2-5(10)3-7(11)8(6)14/h2-3,13-14H,4,12H2,1H3/t9-/m0/s1. The van der Waals surface area contributed by atoms with Gasteiger partial charge in [-0.3, -0.25) is 0 Å². The van der Waals surface area contributed by atoms with Crippen molar-refractivity contribution in [2.24, 2.45) is 5.73 Å². The highest BCUT2D eigenvalue weighted by atomic mass is 35.5. The third kappa shape index (κ3) is 1.97. The second-order valence-corrected chi connectivity index (χ2v) is 3.80. The van der Waals surface area contributed by atoms with Crippen molar-refractivity contribution in [2.45, 2.75) is 12.5 Å². The van der Waals surface area contributed by atoms with E-state index in [2.05, 4.69) is 0 Å². The number of aliphatic hydroxyl groups is 1. The maximum Gasteiger partial charge on any atom is 0.166 e. The van der Waals surface area contributed by atoms with E-state index in [1.807, 2.05) is 0 Å². The first kappa shape index (κ1) is 11.2. The molecule has 1 atom stereocenters. The lowest BCUT2D eigenvalue weighted by molar-refractivity contribution is 0.206. The van der Waals surface area contributed by atoms with Crippen molar-refractivity contribution in [3.63, 3.8) is 0 Å². The first-order valence-corrected chi connectivity index (χ1v) is 4.34. The number of halogens is 2. The van der Waals surface area contributed by atoms with Gasteiger partial charge in [-0.05, 0) is 19.1 Å². The van der Waals surface area contributed by atoms with Crippen LogP contribution in [0.3, 0.4) is 0 Å². The number of aliphatic hydroxyl groups excluding tert-OH is 1. The lowest BCUT2D eigenvalue weighted by atomic mass is 9.93. The highest BCUT2D eigenvalue weighted by Crippen LogP contribution is 2.32. The summed E-state index contributed by atoms with van der Waals surface area (Å²) in [7, 11) is 0. The van der Waals surface area contributed by atoms with Crippen LogP contribution in [0.25, 0.3) is 0 Å². The van der Waals surface area contributed by atoms with Crippen LogP contribution >= 0.6 is 11.6 Å². The van der Waals surface area contributed by atoms with Gasteiger partial charge in [0.05, 0.1) is 12.1 Å². The molecule has 1 rings (SSSR count). The Hall–Kier alpha value is -0.840. The molecule has 0 saturated carbocycles. The maximum absolute atomic E-state index is 13.0. The monoisotopic (exact) mass is 219 g/mol. The summed E-state index contributed by atoms with van der Waals surface area (Å²) in [5, 5.41) is 18.4. The molecule has 0 aliphatic heterocycles. The molecule has 0 aromatic heterocycles. The third-order valence-corrected chi connectivity index (χ3v) is 2.19. The summed E-state index contributed by atoms with van der Waals surface area (Å²) in [4.78, 5) is 0. The molecule has 0 amide bonds. The fraction of sp³-hybridized carbons (Fsp3) is 0.333. The average molecular weight is 220 g/mol. The topological polar surface area (TPSA) is 66.5 Å². The highest BCUT2D eigenvalue weighted by Gasteiger charge is 2.25. The number of phenolic OH excluding ortho intramolecular Hbond substituents is 1. The molecule has 0 aliphatic carbocycles. The molecule has 5 heteroatoms. The molecule has 0 radical (unpaired) electrons. The van der Waals surface area contributed by atoms with E-state index >= 15 is 0 Å². The molecule has 0 spiro atoms. The van der Waals surface area contributed by atoms with Gasteiger partial charge >= 0.3 is 0 Å². The Morgan fingerprint density at radius 3 is 2.64 bits per heavy atom. The number of hydrogen-bond donors (Lipinski definition) is 3. The van der Waals surface area contributed by atoms with Gasteiger partial charge in [-0.1, -0.05) is 11.6 Å². The Morgan fingerprint density at radius 2 is 2.14 bits per heavy atom. The number of rotatable bonds is 2. The van der Waals surface area contributed by atoms with E-state index in [1.165, 1.54) is 13.0 Å². The average Bonchev–Trinajstić information content (AvgIpc) is 2.11. The van der Waals surface area contributed by atoms with Gasteiger partial charge < -0.3 is 15.9 Å². The predicted molar refractivity (Wildman–Crippen MR) is 51.7 cm³/mol. The Bertz CT molecular complexity index is 355. The van der Waals surface area contributed by atoms with E-state index < -0.39 is 23.7 Å². The molecular formula is C9H11ClFNO2. The molecule has 0 heterocycles. The van der Waals surface area contributed by atoms with Crippen molar-refractivity contribution in [3.8, 4) is 5.75 Å². The zero-order valence-electron chi connectivity index (χ0n) is 7.59. The minimum absolute atomic E-state index is 0.0880. The summed E-state index contributed by atoms with van der Waals surface area (Å²) in [6.45, 7) is 1.05. The van der Waals surface area contributed by atoms with Crippen LogP contribution in [-0.2, 0) is 5.54 Å². The molecule has 0 aliphatic rings. The van der Waals surface area contributed by atoms with Gasteiger partial charge in [0.1, 0.15) is 0 Å². The van der Waals surface area contributed by atoms with Crippen LogP contribution < -0.4 is 5.73 Å². The van der Waals surface area contributed by atoms with Gasteiger partial charge in [-0.25, -0.2) is 4.39 Å². The molecule has 3 nitrogen and oxygen atoms in total. The second kappa shape index (κ2) is 3.73. The molecule has 4 N–H and O–H groups in total. The molecule has 1 aromatic carbocycles. The van der Waals surface area contributed by atoms with E-state index in [1.54, 1.807) is 0 Å². The van der Waals surface area contributed by atoms with E-state index in [4.69, 9.17) is 22.4 Å². The minimum Gasteiger partial charge on any atom is -0.505 e. The van der Waals surface area contributed by atoms with E-state index in [9.17, 15) is 9.50 Å². The second-order valence-electron chi connectivity index (χ2n) is 3.36. The quantitative estimate of drug-likeness (QED) is 0.704. The van der Waals surface area contributed by atoms with Gasteiger partial charge in [0.25, 0.3) is 0 Å². The summed E-state index contributed by atoms with van der Waals surface area (Å²) < 4.78 is 13.0. The smallest absolute Gasteiger partial charge is 0.166 e. The van der Waals surface area contributed by atoms with Gasteiger partial charge in [-0.15, -0.1) is 0 Å². The van der Waals surface area contributed by atoms with Crippen molar-refractivity contribution >= 4 is 11.6 Å². The summed E-state index contributed by atoms with van der Waals surface area (Å²) in [5.74, 6) is -1.42. The third-order valence-electron chi connectivity index (χ3n) is 1.97. The number of hydrogen-bond acceptors (Lipinski definition) is 3. The lowest BCUT2D eigenvalue weighted by Gasteiger charge is -2.23. The van der Waals surface area contributed by atoms with Crippen LogP contribution in [0.5, 0.6) is 5.75 Å². The van der Waals surface area contributed by atoms with Crippen LogP contribution in [0, 0.1) is 5.82 Å². The molecule has 1 aromatic rings. The van der Waals surface area contributed by atoms with Crippen molar-refractivity contribution in [2.75, 3.05) is 6.61 Å². The number of benzene rings is 1. The number of nitrogens with two attached hydrogens (primary N) is 1. The Kier molecular flexibility index (Phi) is 2.99. The Balaban J connectivity index is 3.34. The van der Waals surface area contributed by atoms with Crippen LogP contribution in [0.4, 0.5) is 4.39 Å². The Morgan fingerprint density at radius 1 is 1.57 bits per heavy atom. The van der Waals surface area contributed by atoms with Crippen molar-refractivity contribution < 1.29 is 14.6 Å². The Labute approximate surface area is 85.9 Å². The minimum atomic E-state index is -1.21. The van der Waals surface area contributed by atoms with Crippen LogP contribution in [0.1, 0.15) is 12.5 Å². The summed E-state index contributed by atoms with van der Waals surface area (Å²) in [6, 6.07) is 2.31. The van der Waals surface area contributed by atoms with Gasteiger partial charge in [0.15, 0.2) is 11.6 Å². The zero-order valence-corrected chi connectivity index (χ0v) is 8.35. The highest BCUT2D eigenvalue weighted by molar-refractivity contribution is 6.30. The molecule has 0 saturated heterocycles. The largest absolute Gasteiger partial charge is 0.505 e. The van der Waals surface area contributed by atoms with Crippen molar-refractivity contribution in [1.29, 1.82) is 0 Å².